The topological polar surface area (TPSA) is 74.9 Å². The van der Waals surface area contributed by atoms with Crippen molar-refractivity contribution < 1.29 is 44.7 Å². The molecular formula is C20H22F7N3O3. The molecule has 2 amide bonds. The van der Waals surface area contributed by atoms with E-state index in [-0.39, 0.29) is 35.4 Å². The summed E-state index contributed by atoms with van der Waals surface area (Å²) in [6, 6.07) is -0.0160. The van der Waals surface area contributed by atoms with E-state index in [1.54, 1.807) is 4.90 Å². The van der Waals surface area contributed by atoms with Crippen molar-refractivity contribution >= 4 is 17.5 Å². The SMILES string of the molecule is Cc1c(C(=O)N2CCCCC2C)oc2c1/C(=N/NC(=O)C(F)(F)C(F)(F)C(F)(F)F)CCC2. The summed E-state index contributed by atoms with van der Waals surface area (Å²) in [6.45, 7) is 3.96. The maximum atomic E-state index is 13.6. The third kappa shape index (κ3) is 4.33. The predicted molar refractivity (Wildman–Crippen MR) is 101 cm³/mol. The van der Waals surface area contributed by atoms with E-state index in [2.05, 4.69) is 5.10 Å². The number of carbonyl (C=O) groups excluding carboxylic acids is 2. The molecule has 0 spiro atoms. The molecule has 184 valence electrons. The van der Waals surface area contributed by atoms with Gasteiger partial charge in [0.2, 0.25) is 0 Å². The van der Waals surface area contributed by atoms with E-state index in [0.29, 0.717) is 30.7 Å². The molecular weight excluding hydrogens is 463 g/mol. The number of fused-ring (bicyclic) bond motifs is 1. The zero-order valence-corrected chi connectivity index (χ0v) is 17.8. The van der Waals surface area contributed by atoms with Gasteiger partial charge in [-0.15, -0.1) is 0 Å². The molecule has 1 unspecified atom stereocenters. The molecule has 0 radical (unpaired) electrons. The number of nitrogens with one attached hydrogen (secondary N) is 1. The van der Waals surface area contributed by atoms with E-state index < -0.39 is 23.9 Å². The molecule has 1 atom stereocenters. The van der Waals surface area contributed by atoms with Crippen LogP contribution in [0.1, 0.15) is 66.5 Å². The average Bonchev–Trinajstić information content (AvgIpc) is 3.08. The van der Waals surface area contributed by atoms with Gasteiger partial charge in [0.05, 0.1) is 5.71 Å². The van der Waals surface area contributed by atoms with Gasteiger partial charge >= 0.3 is 23.9 Å². The van der Waals surface area contributed by atoms with Gasteiger partial charge in [0.15, 0.2) is 5.76 Å². The van der Waals surface area contributed by atoms with Gasteiger partial charge < -0.3 is 9.32 Å². The molecule has 0 aromatic carbocycles. The lowest BCUT2D eigenvalue weighted by atomic mass is 9.93. The number of carbonyl (C=O) groups is 2. The van der Waals surface area contributed by atoms with Crippen LogP contribution in [0.3, 0.4) is 0 Å². The second-order valence-electron chi connectivity index (χ2n) is 8.20. The smallest absolute Gasteiger partial charge is 0.455 e. The van der Waals surface area contributed by atoms with E-state index in [4.69, 9.17) is 4.42 Å². The second-order valence-corrected chi connectivity index (χ2v) is 8.20. The van der Waals surface area contributed by atoms with Crippen molar-refractivity contribution in [2.45, 2.75) is 76.4 Å². The number of amides is 2. The van der Waals surface area contributed by atoms with Crippen LogP contribution in [0.4, 0.5) is 30.7 Å². The monoisotopic (exact) mass is 485 g/mol. The Kier molecular flexibility index (Phi) is 6.55. The van der Waals surface area contributed by atoms with E-state index in [0.717, 1.165) is 24.7 Å². The zero-order valence-electron chi connectivity index (χ0n) is 17.8. The van der Waals surface area contributed by atoms with Crippen LogP contribution in [-0.2, 0) is 11.2 Å². The molecule has 1 aliphatic carbocycles. The van der Waals surface area contributed by atoms with Crippen molar-refractivity contribution in [1.82, 2.24) is 10.3 Å². The molecule has 6 nitrogen and oxygen atoms in total. The third-order valence-electron chi connectivity index (χ3n) is 5.91. The first-order valence-corrected chi connectivity index (χ1v) is 10.3. The number of piperidine rings is 1. The summed E-state index contributed by atoms with van der Waals surface area (Å²) in [6.07, 6.45) is -3.17. The van der Waals surface area contributed by atoms with Crippen LogP contribution in [-0.4, -0.2) is 53.0 Å². The minimum Gasteiger partial charge on any atom is -0.455 e. The highest BCUT2D eigenvalue weighted by Crippen LogP contribution is 2.46. The summed E-state index contributed by atoms with van der Waals surface area (Å²) in [7, 11) is 0. The van der Waals surface area contributed by atoms with E-state index >= 15 is 0 Å². The quantitative estimate of drug-likeness (QED) is 0.501. The molecule has 0 bridgehead atoms. The standard InChI is InChI=1S/C20H22F7N3O3/c1-10-6-3-4-9-30(10)16(31)15-11(2)14-12(7-5-8-13(14)33-15)28-29-17(32)18(21,22)19(23,24)20(25,26)27/h10H,3-9H2,1-2H3,(H,29,32)/b28-12+. The van der Waals surface area contributed by atoms with Crippen molar-refractivity contribution in [3.8, 4) is 0 Å². The number of rotatable bonds is 4. The highest BCUT2D eigenvalue weighted by atomic mass is 19.4. The fourth-order valence-corrected chi connectivity index (χ4v) is 4.02. The van der Waals surface area contributed by atoms with Gasteiger partial charge in [0.1, 0.15) is 5.76 Å². The molecule has 1 fully saturated rings. The largest absolute Gasteiger partial charge is 0.460 e. The zero-order chi connectivity index (χ0) is 24.8. The third-order valence-corrected chi connectivity index (χ3v) is 5.91. The van der Waals surface area contributed by atoms with Crippen molar-refractivity contribution in [2.24, 2.45) is 5.10 Å². The minimum atomic E-state index is -6.64. The Balaban J connectivity index is 1.87. The van der Waals surface area contributed by atoms with Crippen molar-refractivity contribution in [1.29, 1.82) is 0 Å². The average molecular weight is 485 g/mol. The number of hydrogen-bond acceptors (Lipinski definition) is 4. The lowest BCUT2D eigenvalue weighted by molar-refractivity contribution is -0.344. The van der Waals surface area contributed by atoms with Gasteiger partial charge in [-0.05, 0) is 46.0 Å². The Morgan fingerprint density at radius 1 is 1.06 bits per heavy atom. The number of aryl methyl sites for hydroxylation is 1. The summed E-state index contributed by atoms with van der Waals surface area (Å²) in [5.41, 5.74) is 1.65. The number of hydrazone groups is 1. The van der Waals surface area contributed by atoms with Crippen LogP contribution in [0, 0.1) is 6.92 Å². The molecule has 13 heteroatoms. The molecule has 33 heavy (non-hydrogen) atoms. The van der Waals surface area contributed by atoms with Gasteiger partial charge in [-0.3, -0.25) is 9.59 Å². The first-order valence-electron chi connectivity index (χ1n) is 10.3. The number of halogens is 7. The summed E-state index contributed by atoms with van der Waals surface area (Å²) < 4.78 is 95.9. The van der Waals surface area contributed by atoms with Gasteiger partial charge in [0, 0.05) is 30.1 Å². The van der Waals surface area contributed by atoms with Crippen molar-refractivity contribution in [3.63, 3.8) is 0 Å². The lowest BCUT2D eigenvalue weighted by Crippen LogP contribution is -2.58. The molecule has 2 heterocycles. The molecule has 1 aliphatic heterocycles. The minimum absolute atomic E-state index is 0.0160. The Morgan fingerprint density at radius 3 is 2.33 bits per heavy atom. The number of hydrogen-bond donors (Lipinski definition) is 1. The van der Waals surface area contributed by atoms with E-state index in [1.807, 2.05) is 6.92 Å². The van der Waals surface area contributed by atoms with Crippen LogP contribution in [0.5, 0.6) is 0 Å². The summed E-state index contributed by atoms with van der Waals surface area (Å²) >= 11 is 0. The predicted octanol–water partition coefficient (Wildman–Crippen LogP) is 4.59. The van der Waals surface area contributed by atoms with Gasteiger partial charge in [-0.1, -0.05) is 0 Å². The van der Waals surface area contributed by atoms with Crippen LogP contribution in [0.2, 0.25) is 0 Å². The first kappa shape index (κ1) is 25.0. The number of furan rings is 1. The summed E-state index contributed by atoms with van der Waals surface area (Å²) in [5.74, 6) is -15.6. The highest BCUT2D eigenvalue weighted by molar-refractivity contribution is 6.06. The molecule has 2 aliphatic rings. The van der Waals surface area contributed by atoms with Crippen LogP contribution in [0.25, 0.3) is 0 Å². The van der Waals surface area contributed by atoms with Gasteiger partial charge in [0.25, 0.3) is 5.91 Å². The molecule has 1 aromatic heterocycles. The Labute approximate surface area is 184 Å². The Hall–Kier alpha value is -2.60. The molecule has 3 rings (SSSR count). The molecule has 1 aromatic rings. The highest BCUT2D eigenvalue weighted by Gasteiger charge is 2.76. The fourth-order valence-electron chi connectivity index (χ4n) is 4.02. The number of alkyl halides is 7. The van der Waals surface area contributed by atoms with Crippen molar-refractivity contribution in [3.05, 3.63) is 22.6 Å². The maximum Gasteiger partial charge on any atom is 0.460 e. The Bertz CT molecular complexity index is 969. The fraction of sp³-hybridized carbons (Fsp3) is 0.650. The van der Waals surface area contributed by atoms with Gasteiger partial charge in [-0.2, -0.15) is 35.8 Å². The summed E-state index contributed by atoms with van der Waals surface area (Å²) in [4.78, 5) is 26.2. The summed E-state index contributed by atoms with van der Waals surface area (Å²) in [5, 5.41) is 3.40. The van der Waals surface area contributed by atoms with Crippen LogP contribution >= 0.6 is 0 Å². The Morgan fingerprint density at radius 2 is 1.73 bits per heavy atom. The van der Waals surface area contributed by atoms with Crippen LogP contribution in [0.15, 0.2) is 9.52 Å². The molecule has 1 saturated heterocycles. The van der Waals surface area contributed by atoms with Crippen molar-refractivity contribution in [2.75, 3.05) is 6.54 Å². The first-order chi connectivity index (χ1) is 15.2. The lowest BCUT2D eigenvalue weighted by Gasteiger charge is -2.32. The van der Waals surface area contributed by atoms with Crippen LogP contribution < -0.4 is 5.43 Å². The molecule has 1 N–H and O–H groups in total. The van der Waals surface area contributed by atoms with E-state index in [1.165, 1.54) is 6.92 Å². The number of likely N-dealkylation sites (tertiary alicyclic amines) is 1. The molecule has 0 saturated carbocycles. The normalized spacial score (nSPS) is 21.2. The maximum absolute atomic E-state index is 13.6. The second kappa shape index (κ2) is 8.64. The van der Waals surface area contributed by atoms with E-state index in [9.17, 15) is 40.3 Å². The number of nitrogens with zero attached hydrogens (tertiary/aromatic N) is 2. The van der Waals surface area contributed by atoms with Gasteiger partial charge in [-0.25, -0.2) is 5.43 Å².